The summed E-state index contributed by atoms with van der Waals surface area (Å²) in [7, 11) is 0. The largest absolute Gasteiger partial charge is 0.427 e. The number of rotatable bonds is 4. The zero-order valence-electron chi connectivity index (χ0n) is 19.1. The van der Waals surface area contributed by atoms with Gasteiger partial charge in [-0.1, -0.05) is 20.8 Å². The molecule has 1 aromatic carbocycles. The van der Waals surface area contributed by atoms with Crippen molar-refractivity contribution in [2.45, 2.75) is 27.7 Å². The zero-order valence-corrected chi connectivity index (χ0v) is 19.1. The van der Waals surface area contributed by atoms with Crippen molar-refractivity contribution in [2.75, 3.05) is 24.6 Å². The minimum atomic E-state index is -0.531. The maximum absolute atomic E-state index is 14.5. The minimum Gasteiger partial charge on any atom is -0.427 e. The van der Waals surface area contributed by atoms with Crippen molar-refractivity contribution in [3.8, 4) is 17.4 Å². The van der Waals surface area contributed by atoms with Gasteiger partial charge in [0.05, 0.1) is 11.3 Å². The van der Waals surface area contributed by atoms with Gasteiger partial charge in [-0.15, -0.1) is 0 Å². The van der Waals surface area contributed by atoms with Crippen LogP contribution in [-0.2, 0) is 4.74 Å². The first kappa shape index (κ1) is 22.3. The van der Waals surface area contributed by atoms with E-state index in [1.165, 1.54) is 6.07 Å². The summed E-state index contributed by atoms with van der Waals surface area (Å²) >= 11 is 0. The molecule has 0 N–H and O–H groups in total. The van der Waals surface area contributed by atoms with Gasteiger partial charge in [0.1, 0.15) is 12.2 Å². The van der Waals surface area contributed by atoms with Crippen LogP contribution in [0.25, 0.3) is 27.7 Å². The summed E-state index contributed by atoms with van der Waals surface area (Å²) in [5.74, 6) is -0.498. The Balaban J connectivity index is 0.00000126. The molecule has 8 heteroatoms. The standard InChI is InChI=1S/C23H19FN4O3.C2H6/c1-14-8-27-9-16(6-19(24)21(27)26-14)18-5-15-3-4-17(7-20(15)31-22(18)29)28-10-23(2,11-28)12-30-13-25;1-2/h3-9H,10-12H2,1-2H3;1-2H3. The van der Waals surface area contributed by atoms with Crippen LogP contribution < -0.4 is 10.5 Å². The van der Waals surface area contributed by atoms with E-state index >= 15 is 0 Å². The average Bonchev–Trinajstić information content (AvgIpc) is 3.17. The second-order valence-corrected chi connectivity index (χ2v) is 8.41. The summed E-state index contributed by atoms with van der Waals surface area (Å²) in [6.45, 7) is 9.71. The molecule has 7 nitrogen and oxygen atoms in total. The number of imidazole rings is 1. The molecule has 0 atom stereocenters. The van der Waals surface area contributed by atoms with Gasteiger partial charge in [0.2, 0.25) is 0 Å². The fourth-order valence-electron chi connectivity index (χ4n) is 4.18. The molecule has 0 amide bonds. The quantitative estimate of drug-likeness (QED) is 0.326. The summed E-state index contributed by atoms with van der Waals surface area (Å²) in [6.07, 6.45) is 5.10. The number of benzene rings is 1. The Bertz CT molecular complexity index is 1430. The number of fused-ring (bicyclic) bond motifs is 2. The molecule has 0 saturated carbocycles. The first-order valence-corrected chi connectivity index (χ1v) is 10.8. The van der Waals surface area contributed by atoms with Gasteiger partial charge in [-0.3, -0.25) is 0 Å². The van der Waals surface area contributed by atoms with Gasteiger partial charge in [0.15, 0.2) is 11.5 Å². The lowest BCUT2D eigenvalue weighted by molar-refractivity contribution is 0.105. The van der Waals surface area contributed by atoms with Crippen LogP contribution in [0.1, 0.15) is 26.5 Å². The molecule has 5 rings (SSSR count). The monoisotopic (exact) mass is 448 g/mol. The number of nitriles is 1. The predicted octanol–water partition coefficient (Wildman–Crippen LogP) is 4.91. The van der Waals surface area contributed by atoms with Crippen molar-refractivity contribution in [2.24, 2.45) is 5.41 Å². The summed E-state index contributed by atoms with van der Waals surface area (Å²) in [5, 5.41) is 9.34. The molecule has 170 valence electrons. The summed E-state index contributed by atoms with van der Waals surface area (Å²) in [6, 6.07) is 8.69. The molecule has 4 heterocycles. The van der Waals surface area contributed by atoms with E-state index in [1.807, 2.05) is 32.0 Å². The second kappa shape index (κ2) is 8.58. The third kappa shape index (κ3) is 4.14. The minimum absolute atomic E-state index is 0.0796. The Labute approximate surface area is 190 Å². The van der Waals surface area contributed by atoms with Crippen LogP contribution in [0.3, 0.4) is 0 Å². The lowest BCUT2D eigenvalue weighted by Gasteiger charge is -2.48. The van der Waals surface area contributed by atoms with Crippen LogP contribution in [-0.4, -0.2) is 29.1 Å². The van der Waals surface area contributed by atoms with Crippen LogP contribution in [0.15, 0.2) is 51.9 Å². The van der Waals surface area contributed by atoms with Crippen molar-refractivity contribution >= 4 is 22.3 Å². The number of halogens is 1. The van der Waals surface area contributed by atoms with Crippen LogP contribution in [0.4, 0.5) is 10.1 Å². The Morgan fingerprint density at radius 2 is 2.00 bits per heavy atom. The van der Waals surface area contributed by atoms with Crippen molar-refractivity contribution < 1.29 is 13.5 Å². The number of hydrogen-bond donors (Lipinski definition) is 0. The van der Waals surface area contributed by atoms with Gasteiger partial charge < -0.3 is 18.5 Å². The number of nitrogens with zero attached hydrogens (tertiary/aromatic N) is 4. The van der Waals surface area contributed by atoms with Crippen molar-refractivity contribution in [3.05, 3.63) is 64.7 Å². The zero-order chi connectivity index (χ0) is 23.8. The van der Waals surface area contributed by atoms with Gasteiger partial charge in [-0.05, 0) is 31.2 Å². The fourth-order valence-corrected chi connectivity index (χ4v) is 4.18. The molecule has 1 saturated heterocycles. The van der Waals surface area contributed by atoms with E-state index in [-0.39, 0.29) is 16.6 Å². The van der Waals surface area contributed by atoms with Crippen molar-refractivity contribution in [1.29, 1.82) is 5.26 Å². The van der Waals surface area contributed by atoms with Gasteiger partial charge in [-0.25, -0.2) is 14.2 Å². The maximum atomic E-state index is 14.5. The van der Waals surface area contributed by atoms with E-state index in [0.29, 0.717) is 23.4 Å². The molecular weight excluding hydrogens is 423 g/mol. The molecule has 0 spiro atoms. The SMILES string of the molecule is CC.Cc1cn2cc(-c3cc4ccc(N5CC(C)(COC#N)C5)cc4oc3=O)cc(F)c2n1. The number of aromatic nitrogens is 2. The molecule has 1 aliphatic rings. The highest BCUT2D eigenvalue weighted by molar-refractivity contribution is 5.84. The Kier molecular flexibility index (Phi) is 5.81. The summed E-state index contributed by atoms with van der Waals surface area (Å²) in [4.78, 5) is 19.0. The molecule has 4 aromatic rings. The summed E-state index contributed by atoms with van der Waals surface area (Å²) < 4.78 is 26.5. The molecule has 1 fully saturated rings. The number of pyridine rings is 1. The molecular formula is C25H25FN4O3. The Morgan fingerprint density at radius 1 is 1.24 bits per heavy atom. The third-order valence-corrected chi connectivity index (χ3v) is 5.65. The van der Waals surface area contributed by atoms with E-state index in [9.17, 15) is 9.18 Å². The third-order valence-electron chi connectivity index (χ3n) is 5.65. The van der Waals surface area contributed by atoms with Crippen LogP contribution in [0.5, 0.6) is 0 Å². The predicted molar refractivity (Wildman–Crippen MR) is 125 cm³/mol. The van der Waals surface area contributed by atoms with Gasteiger partial charge in [0, 0.05) is 53.6 Å². The highest BCUT2D eigenvalue weighted by atomic mass is 19.1. The molecule has 0 bridgehead atoms. The highest BCUT2D eigenvalue weighted by Crippen LogP contribution is 2.36. The first-order chi connectivity index (χ1) is 15.8. The summed E-state index contributed by atoms with van der Waals surface area (Å²) in [5.41, 5.74) is 2.41. The Hall–Kier alpha value is -3.86. The molecule has 0 radical (unpaired) electrons. The van der Waals surface area contributed by atoms with Crippen LogP contribution in [0, 0.1) is 29.7 Å². The van der Waals surface area contributed by atoms with Crippen LogP contribution >= 0.6 is 0 Å². The lowest BCUT2D eigenvalue weighted by Crippen LogP contribution is -2.57. The average molecular weight is 448 g/mol. The normalized spacial score (nSPS) is 14.4. The van der Waals surface area contributed by atoms with E-state index < -0.39 is 11.4 Å². The van der Waals surface area contributed by atoms with E-state index in [4.69, 9.17) is 14.4 Å². The van der Waals surface area contributed by atoms with Gasteiger partial charge in [0.25, 0.3) is 6.26 Å². The van der Waals surface area contributed by atoms with E-state index in [2.05, 4.69) is 16.8 Å². The molecule has 1 aliphatic heterocycles. The second-order valence-electron chi connectivity index (χ2n) is 8.41. The number of hydrogen-bond acceptors (Lipinski definition) is 6. The van der Waals surface area contributed by atoms with Crippen molar-refractivity contribution in [1.82, 2.24) is 9.38 Å². The van der Waals surface area contributed by atoms with E-state index in [0.717, 1.165) is 24.2 Å². The Morgan fingerprint density at radius 3 is 2.73 bits per heavy atom. The van der Waals surface area contributed by atoms with Gasteiger partial charge >= 0.3 is 5.63 Å². The fraction of sp³-hybridized carbons (Fsp3) is 0.320. The topological polar surface area (TPSA) is 83.8 Å². The molecule has 0 aliphatic carbocycles. The highest BCUT2D eigenvalue weighted by Gasteiger charge is 2.39. The number of aryl methyl sites for hydroxylation is 1. The van der Waals surface area contributed by atoms with Crippen LogP contribution in [0.2, 0.25) is 0 Å². The van der Waals surface area contributed by atoms with Gasteiger partial charge in [-0.2, -0.15) is 5.26 Å². The number of ether oxygens (including phenoxy) is 1. The number of anilines is 1. The van der Waals surface area contributed by atoms with Crippen molar-refractivity contribution in [3.63, 3.8) is 0 Å². The molecule has 33 heavy (non-hydrogen) atoms. The molecule has 3 aromatic heterocycles. The lowest BCUT2D eigenvalue weighted by atomic mass is 9.82. The maximum Gasteiger partial charge on any atom is 0.344 e. The first-order valence-electron chi connectivity index (χ1n) is 10.8. The molecule has 0 unspecified atom stereocenters. The van der Waals surface area contributed by atoms with E-state index in [1.54, 1.807) is 36.0 Å². The smallest absolute Gasteiger partial charge is 0.344 e.